The standard InChI is InChI=1S/C13H21NO3/c1-4-5-7-11(13(15)16-3)14-10(2)12-8-6-9-17-12/h6,8-11,14H,4-5,7H2,1-3H3/t10-,11?/m1/s1. The van der Waals surface area contributed by atoms with Crippen LogP contribution in [0, 0.1) is 0 Å². The number of carbonyl (C=O) groups is 1. The highest BCUT2D eigenvalue weighted by Gasteiger charge is 2.21. The number of nitrogens with one attached hydrogen (secondary N) is 1. The molecule has 96 valence electrons. The van der Waals surface area contributed by atoms with Crippen molar-refractivity contribution in [1.29, 1.82) is 0 Å². The summed E-state index contributed by atoms with van der Waals surface area (Å²) in [5.41, 5.74) is 0. The molecule has 17 heavy (non-hydrogen) atoms. The van der Waals surface area contributed by atoms with Gasteiger partial charge < -0.3 is 9.15 Å². The summed E-state index contributed by atoms with van der Waals surface area (Å²) in [6.45, 7) is 4.07. The van der Waals surface area contributed by atoms with Gasteiger partial charge in [0.1, 0.15) is 11.8 Å². The molecule has 2 atom stereocenters. The molecule has 0 bridgehead atoms. The number of hydrogen-bond acceptors (Lipinski definition) is 4. The van der Waals surface area contributed by atoms with Gasteiger partial charge in [-0.2, -0.15) is 0 Å². The van der Waals surface area contributed by atoms with E-state index in [0.717, 1.165) is 25.0 Å². The third-order valence-corrected chi connectivity index (χ3v) is 2.75. The minimum Gasteiger partial charge on any atom is -0.468 e. The molecule has 1 heterocycles. The number of ether oxygens (including phenoxy) is 1. The van der Waals surface area contributed by atoms with Crippen LogP contribution in [0.15, 0.2) is 22.8 Å². The van der Waals surface area contributed by atoms with Crippen molar-refractivity contribution < 1.29 is 13.9 Å². The number of unbranched alkanes of at least 4 members (excludes halogenated alkanes) is 1. The van der Waals surface area contributed by atoms with Crippen LogP contribution in [0.5, 0.6) is 0 Å². The molecule has 0 saturated carbocycles. The zero-order valence-electron chi connectivity index (χ0n) is 10.7. The molecule has 0 amide bonds. The summed E-state index contributed by atoms with van der Waals surface area (Å²) < 4.78 is 10.1. The maximum atomic E-state index is 11.6. The number of carbonyl (C=O) groups excluding carboxylic acids is 1. The number of furan rings is 1. The Kier molecular flexibility index (Phi) is 5.77. The minimum absolute atomic E-state index is 0.00551. The Balaban J connectivity index is 2.55. The van der Waals surface area contributed by atoms with Crippen molar-refractivity contribution in [2.45, 2.75) is 45.2 Å². The van der Waals surface area contributed by atoms with Gasteiger partial charge in [-0.15, -0.1) is 0 Å². The van der Waals surface area contributed by atoms with E-state index >= 15 is 0 Å². The fraction of sp³-hybridized carbons (Fsp3) is 0.615. The highest BCUT2D eigenvalue weighted by atomic mass is 16.5. The lowest BCUT2D eigenvalue weighted by Gasteiger charge is -2.20. The Morgan fingerprint density at radius 3 is 2.88 bits per heavy atom. The monoisotopic (exact) mass is 239 g/mol. The molecule has 0 aliphatic carbocycles. The maximum Gasteiger partial charge on any atom is 0.322 e. The van der Waals surface area contributed by atoms with Gasteiger partial charge in [-0.1, -0.05) is 19.8 Å². The topological polar surface area (TPSA) is 51.5 Å². The molecule has 4 nitrogen and oxygen atoms in total. The highest BCUT2D eigenvalue weighted by molar-refractivity contribution is 5.75. The molecule has 0 aliphatic rings. The van der Waals surface area contributed by atoms with Gasteiger partial charge >= 0.3 is 5.97 Å². The first-order valence-corrected chi connectivity index (χ1v) is 6.06. The number of methoxy groups -OCH3 is 1. The van der Waals surface area contributed by atoms with Gasteiger partial charge in [0.05, 0.1) is 19.4 Å². The lowest BCUT2D eigenvalue weighted by atomic mass is 10.1. The third kappa shape index (κ3) is 4.23. The van der Waals surface area contributed by atoms with Crippen molar-refractivity contribution in [3.63, 3.8) is 0 Å². The van der Waals surface area contributed by atoms with E-state index in [1.165, 1.54) is 7.11 Å². The molecule has 0 saturated heterocycles. The first-order valence-electron chi connectivity index (χ1n) is 6.06. The van der Waals surface area contributed by atoms with Crippen LogP contribution in [-0.4, -0.2) is 19.1 Å². The molecule has 0 spiro atoms. The number of rotatable bonds is 7. The van der Waals surface area contributed by atoms with Crippen molar-refractivity contribution in [3.05, 3.63) is 24.2 Å². The van der Waals surface area contributed by atoms with Crippen molar-refractivity contribution >= 4 is 5.97 Å². The largest absolute Gasteiger partial charge is 0.468 e. The van der Waals surface area contributed by atoms with E-state index in [-0.39, 0.29) is 18.1 Å². The zero-order valence-corrected chi connectivity index (χ0v) is 10.7. The van der Waals surface area contributed by atoms with Crippen molar-refractivity contribution in [1.82, 2.24) is 5.32 Å². The van der Waals surface area contributed by atoms with Crippen molar-refractivity contribution in [2.24, 2.45) is 0 Å². The Morgan fingerprint density at radius 2 is 2.35 bits per heavy atom. The second-order valence-electron chi connectivity index (χ2n) is 4.12. The quantitative estimate of drug-likeness (QED) is 0.743. The van der Waals surface area contributed by atoms with Gasteiger partial charge in [-0.3, -0.25) is 10.1 Å². The molecular weight excluding hydrogens is 218 g/mol. The van der Waals surface area contributed by atoms with E-state index in [0.29, 0.717) is 0 Å². The second kappa shape index (κ2) is 7.12. The van der Waals surface area contributed by atoms with Crippen LogP contribution < -0.4 is 5.32 Å². The summed E-state index contributed by atoms with van der Waals surface area (Å²) in [5.74, 6) is 0.618. The maximum absolute atomic E-state index is 11.6. The normalized spacial score (nSPS) is 14.3. The second-order valence-corrected chi connectivity index (χ2v) is 4.12. The van der Waals surface area contributed by atoms with Crippen LogP contribution in [-0.2, 0) is 9.53 Å². The molecule has 1 aromatic rings. The van der Waals surface area contributed by atoms with Crippen LogP contribution >= 0.6 is 0 Å². The Morgan fingerprint density at radius 1 is 1.59 bits per heavy atom. The minimum atomic E-state index is -0.264. The molecule has 0 radical (unpaired) electrons. The molecular formula is C13H21NO3. The molecule has 1 N–H and O–H groups in total. The zero-order chi connectivity index (χ0) is 12.7. The van der Waals surface area contributed by atoms with Gasteiger partial charge in [0.2, 0.25) is 0 Å². The number of esters is 1. The fourth-order valence-electron chi connectivity index (χ4n) is 1.74. The molecule has 4 heteroatoms. The predicted octanol–water partition coefficient (Wildman–Crippen LogP) is 2.66. The molecule has 1 unspecified atom stereocenters. The van der Waals surface area contributed by atoms with Crippen LogP contribution in [0.4, 0.5) is 0 Å². The van der Waals surface area contributed by atoms with Gasteiger partial charge in [0, 0.05) is 0 Å². The van der Waals surface area contributed by atoms with E-state index in [4.69, 9.17) is 9.15 Å². The first kappa shape index (κ1) is 13.8. The average molecular weight is 239 g/mol. The first-order chi connectivity index (χ1) is 8.19. The molecule has 0 fully saturated rings. The van der Waals surface area contributed by atoms with Crippen LogP contribution in [0.3, 0.4) is 0 Å². The summed E-state index contributed by atoms with van der Waals surface area (Å²) in [6.07, 6.45) is 4.48. The lowest BCUT2D eigenvalue weighted by Crippen LogP contribution is -2.39. The summed E-state index contributed by atoms with van der Waals surface area (Å²) in [4.78, 5) is 11.6. The van der Waals surface area contributed by atoms with Crippen LogP contribution in [0.1, 0.15) is 44.9 Å². The third-order valence-electron chi connectivity index (χ3n) is 2.75. The van der Waals surface area contributed by atoms with E-state index < -0.39 is 0 Å². The van der Waals surface area contributed by atoms with Crippen molar-refractivity contribution in [2.75, 3.05) is 7.11 Å². The highest BCUT2D eigenvalue weighted by Crippen LogP contribution is 2.15. The van der Waals surface area contributed by atoms with Gasteiger partial charge in [0.25, 0.3) is 0 Å². The Labute approximate surface area is 102 Å². The smallest absolute Gasteiger partial charge is 0.322 e. The predicted molar refractivity (Wildman–Crippen MR) is 65.6 cm³/mol. The van der Waals surface area contributed by atoms with E-state index in [1.54, 1.807) is 6.26 Å². The van der Waals surface area contributed by atoms with Gasteiger partial charge in [-0.25, -0.2) is 0 Å². The Hall–Kier alpha value is -1.29. The van der Waals surface area contributed by atoms with Crippen LogP contribution in [0.25, 0.3) is 0 Å². The Bertz CT molecular complexity index is 321. The van der Waals surface area contributed by atoms with E-state index in [2.05, 4.69) is 12.2 Å². The van der Waals surface area contributed by atoms with Gasteiger partial charge in [0.15, 0.2) is 0 Å². The number of hydrogen-bond donors (Lipinski definition) is 1. The average Bonchev–Trinajstić information content (AvgIpc) is 2.87. The van der Waals surface area contributed by atoms with Crippen molar-refractivity contribution in [3.8, 4) is 0 Å². The molecule has 1 aromatic heterocycles. The van der Waals surface area contributed by atoms with E-state index in [1.807, 2.05) is 19.1 Å². The van der Waals surface area contributed by atoms with Gasteiger partial charge in [-0.05, 0) is 25.5 Å². The molecule has 0 aromatic carbocycles. The SMILES string of the molecule is CCCCC(N[C@H](C)c1ccco1)C(=O)OC. The molecule has 1 rings (SSSR count). The van der Waals surface area contributed by atoms with Crippen LogP contribution in [0.2, 0.25) is 0 Å². The summed E-state index contributed by atoms with van der Waals surface area (Å²) in [7, 11) is 1.42. The summed E-state index contributed by atoms with van der Waals surface area (Å²) in [6, 6.07) is 3.48. The lowest BCUT2D eigenvalue weighted by molar-refractivity contribution is -0.143. The fourth-order valence-corrected chi connectivity index (χ4v) is 1.74. The van der Waals surface area contributed by atoms with E-state index in [9.17, 15) is 4.79 Å². The molecule has 0 aliphatic heterocycles. The summed E-state index contributed by atoms with van der Waals surface area (Å²) in [5, 5.41) is 3.24. The summed E-state index contributed by atoms with van der Waals surface area (Å²) >= 11 is 0.